The summed E-state index contributed by atoms with van der Waals surface area (Å²) in [6, 6.07) is 9.39. The Labute approximate surface area is 140 Å². The summed E-state index contributed by atoms with van der Waals surface area (Å²) < 4.78 is 26.5. The first-order chi connectivity index (χ1) is 11.4. The molecule has 0 bridgehead atoms. The average molecular weight is 349 g/mol. The van der Waals surface area contributed by atoms with Gasteiger partial charge in [0.1, 0.15) is 12.2 Å². The summed E-state index contributed by atoms with van der Waals surface area (Å²) in [4.78, 5) is 14.0. The summed E-state index contributed by atoms with van der Waals surface area (Å²) in [5, 5.41) is 8.07. The van der Waals surface area contributed by atoms with Crippen LogP contribution in [0.2, 0.25) is 0 Å². The number of nitrogens with one attached hydrogen (secondary N) is 1. The summed E-state index contributed by atoms with van der Waals surface area (Å²) >= 11 is 0. The first-order valence-corrected chi connectivity index (χ1v) is 9.50. The van der Waals surface area contributed by atoms with Gasteiger partial charge in [-0.2, -0.15) is 0 Å². The van der Waals surface area contributed by atoms with Crippen LogP contribution in [0.5, 0.6) is 0 Å². The molecule has 1 fully saturated rings. The third kappa shape index (κ3) is 4.18. The first-order valence-electron chi connectivity index (χ1n) is 7.61. The van der Waals surface area contributed by atoms with E-state index in [9.17, 15) is 13.2 Å². The predicted octanol–water partition coefficient (Wildman–Crippen LogP) is 0.0952. The Morgan fingerprint density at radius 1 is 1.33 bits per heavy atom. The Morgan fingerprint density at radius 2 is 2.08 bits per heavy atom. The maximum Gasteiger partial charge on any atom is 0.244 e. The van der Waals surface area contributed by atoms with Crippen molar-refractivity contribution in [1.29, 1.82) is 0 Å². The van der Waals surface area contributed by atoms with Crippen molar-refractivity contribution in [3.05, 3.63) is 36.5 Å². The lowest BCUT2D eigenvalue weighted by Gasteiger charge is -2.16. The second kappa shape index (κ2) is 6.70. The van der Waals surface area contributed by atoms with Crippen molar-refractivity contribution in [3.8, 4) is 11.3 Å². The summed E-state index contributed by atoms with van der Waals surface area (Å²) in [5.41, 5.74) is 1.65. The van der Waals surface area contributed by atoms with Gasteiger partial charge < -0.3 is 4.90 Å². The van der Waals surface area contributed by atoms with Crippen molar-refractivity contribution in [2.24, 2.45) is 0 Å². The Balaban J connectivity index is 1.59. The van der Waals surface area contributed by atoms with E-state index in [0.29, 0.717) is 25.2 Å². The van der Waals surface area contributed by atoms with Crippen molar-refractivity contribution >= 4 is 15.9 Å². The zero-order chi connectivity index (χ0) is 17.2. The lowest BCUT2D eigenvalue weighted by atomic mass is 10.2. The fourth-order valence-corrected chi connectivity index (χ4v) is 3.54. The molecule has 2 aromatic rings. The molecule has 0 aliphatic carbocycles. The molecular weight excluding hydrogens is 330 g/mol. The van der Waals surface area contributed by atoms with Crippen LogP contribution in [-0.2, 0) is 21.4 Å². The van der Waals surface area contributed by atoms with E-state index in [-0.39, 0.29) is 18.5 Å². The second-order valence-electron chi connectivity index (χ2n) is 5.88. The SMILES string of the molecule is CS(=O)(=O)NC1CCN(C(=O)Cn2cc(-c3ccccc3)nn2)C1. The van der Waals surface area contributed by atoms with E-state index in [2.05, 4.69) is 15.0 Å². The molecule has 1 aliphatic heterocycles. The molecule has 1 amide bonds. The molecule has 0 saturated carbocycles. The Bertz CT molecular complexity index is 819. The molecule has 1 aliphatic rings. The monoisotopic (exact) mass is 349 g/mol. The minimum absolute atomic E-state index is 0.0887. The van der Waals surface area contributed by atoms with E-state index >= 15 is 0 Å². The smallest absolute Gasteiger partial charge is 0.244 e. The van der Waals surface area contributed by atoms with Gasteiger partial charge in [0, 0.05) is 24.7 Å². The summed E-state index contributed by atoms with van der Waals surface area (Å²) in [7, 11) is -3.26. The van der Waals surface area contributed by atoms with Crippen LogP contribution in [0.3, 0.4) is 0 Å². The predicted molar refractivity (Wildman–Crippen MR) is 88.4 cm³/mol. The van der Waals surface area contributed by atoms with Gasteiger partial charge in [0.2, 0.25) is 15.9 Å². The Morgan fingerprint density at radius 3 is 2.79 bits per heavy atom. The molecule has 0 spiro atoms. The van der Waals surface area contributed by atoms with Crippen LogP contribution < -0.4 is 4.72 Å². The van der Waals surface area contributed by atoms with Crippen LogP contribution in [0.25, 0.3) is 11.3 Å². The van der Waals surface area contributed by atoms with E-state index in [1.807, 2.05) is 30.3 Å². The fraction of sp³-hybridized carbons (Fsp3) is 0.400. The third-order valence-electron chi connectivity index (χ3n) is 3.83. The maximum absolute atomic E-state index is 12.3. The van der Waals surface area contributed by atoms with Gasteiger partial charge in [0.15, 0.2) is 0 Å². The highest BCUT2D eigenvalue weighted by atomic mass is 32.2. The number of likely N-dealkylation sites (tertiary alicyclic amines) is 1. The normalized spacial score (nSPS) is 18.0. The molecule has 1 aromatic heterocycles. The van der Waals surface area contributed by atoms with Crippen molar-refractivity contribution < 1.29 is 13.2 Å². The number of hydrogen-bond donors (Lipinski definition) is 1. The summed E-state index contributed by atoms with van der Waals surface area (Å²) in [6.45, 7) is 1.00. The van der Waals surface area contributed by atoms with Crippen LogP contribution in [0.15, 0.2) is 36.5 Å². The molecule has 2 heterocycles. The highest BCUT2D eigenvalue weighted by molar-refractivity contribution is 7.88. The van der Waals surface area contributed by atoms with Gasteiger partial charge in [-0.3, -0.25) is 4.79 Å². The molecule has 0 radical (unpaired) electrons. The van der Waals surface area contributed by atoms with E-state index in [1.54, 1.807) is 11.1 Å². The number of sulfonamides is 1. The minimum atomic E-state index is -3.26. The summed E-state index contributed by atoms with van der Waals surface area (Å²) in [6.07, 6.45) is 3.47. The molecule has 1 unspecified atom stereocenters. The molecule has 8 nitrogen and oxygen atoms in total. The van der Waals surface area contributed by atoms with Crippen LogP contribution in [0, 0.1) is 0 Å². The molecule has 24 heavy (non-hydrogen) atoms. The number of amides is 1. The first kappa shape index (κ1) is 16.6. The van der Waals surface area contributed by atoms with Crippen molar-refractivity contribution in [3.63, 3.8) is 0 Å². The van der Waals surface area contributed by atoms with E-state index in [4.69, 9.17) is 0 Å². The lowest BCUT2D eigenvalue weighted by molar-refractivity contribution is -0.131. The van der Waals surface area contributed by atoms with Gasteiger partial charge in [-0.15, -0.1) is 5.10 Å². The zero-order valence-electron chi connectivity index (χ0n) is 13.3. The molecule has 1 aromatic carbocycles. The zero-order valence-corrected chi connectivity index (χ0v) is 14.1. The van der Waals surface area contributed by atoms with E-state index < -0.39 is 10.0 Å². The van der Waals surface area contributed by atoms with Crippen molar-refractivity contribution in [2.45, 2.75) is 19.0 Å². The number of aromatic nitrogens is 3. The topological polar surface area (TPSA) is 97.2 Å². The summed E-state index contributed by atoms with van der Waals surface area (Å²) in [5.74, 6) is -0.0997. The molecule has 9 heteroatoms. The molecule has 1 atom stereocenters. The standard InChI is InChI=1S/C15H19N5O3S/c1-24(22,23)17-13-7-8-19(9-13)15(21)11-20-10-14(16-18-20)12-5-3-2-4-6-12/h2-6,10,13,17H,7-9,11H2,1H3. The average Bonchev–Trinajstić information content (AvgIpc) is 3.16. The fourth-order valence-electron chi connectivity index (χ4n) is 2.74. The number of nitrogens with zero attached hydrogens (tertiary/aromatic N) is 4. The van der Waals surface area contributed by atoms with Gasteiger partial charge in [-0.05, 0) is 6.42 Å². The van der Waals surface area contributed by atoms with E-state index in [0.717, 1.165) is 11.8 Å². The van der Waals surface area contributed by atoms with Crippen LogP contribution in [0.1, 0.15) is 6.42 Å². The molecule has 3 rings (SSSR count). The van der Waals surface area contributed by atoms with Gasteiger partial charge in [-0.1, -0.05) is 35.5 Å². The lowest BCUT2D eigenvalue weighted by Crippen LogP contribution is -2.38. The molecule has 1 N–H and O–H groups in total. The Kier molecular flexibility index (Phi) is 4.63. The number of rotatable bonds is 5. The largest absolute Gasteiger partial charge is 0.339 e. The highest BCUT2D eigenvalue weighted by Crippen LogP contribution is 2.15. The van der Waals surface area contributed by atoms with Crippen LogP contribution in [0.4, 0.5) is 0 Å². The van der Waals surface area contributed by atoms with Gasteiger partial charge >= 0.3 is 0 Å². The van der Waals surface area contributed by atoms with Gasteiger partial charge in [-0.25, -0.2) is 17.8 Å². The number of carbonyl (C=O) groups is 1. The number of benzene rings is 1. The number of carbonyl (C=O) groups excluding carboxylic acids is 1. The maximum atomic E-state index is 12.3. The van der Waals surface area contributed by atoms with E-state index in [1.165, 1.54) is 4.68 Å². The van der Waals surface area contributed by atoms with Crippen molar-refractivity contribution in [1.82, 2.24) is 24.6 Å². The third-order valence-corrected chi connectivity index (χ3v) is 4.59. The van der Waals surface area contributed by atoms with Gasteiger partial charge in [0.25, 0.3) is 0 Å². The Hall–Kier alpha value is -2.26. The van der Waals surface area contributed by atoms with Crippen LogP contribution >= 0.6 is 0 Å². The molecular formula is C15H19N5O3S. The minimum Gasteiger partial charge on any atom is -0.339 e. The van der Waals surface area contributed by atoms with Crippen molar-refractivity contribution in [2.75, 3.05) is 19.3 Å². The molecule has 1 saturated heterocycles. The van der Waals surface area contributed by atoms with Gasteiger partial charge in [0.05, 0.1) is 12.5 Å². The highest BCUT2D eigenvalue weighted by Gasteiger charge is 2.28. The second-order valence-corrected chi connectivity index (χ2v) is 7.66. The van der Waals surface area contributed by atoms with Crippen LogP contribution in [-0.4, -0.2) is 59.6 Å². The molecule has 128 valence electrons. The number of hydrogen-bond acceptors (Lipinski definition) is 5. The quantitative estimate of drug-likeness (QED) is 0.825.